The number of carbonyl (C=O) groups is 1. The predicted molar refractivity (Wildman–Crippen MR) is 79.4 cm³/mol. The van der Waals surface area contributed by atoms with E-state index < -0.39 is 12.8 Å². The Morgan fingerprint density at radius 2 is 2.17 bits per heavy atom. The van der Waals surface area contributed by atoms with Crippen LogP contribution in [0, 0.1) is 5.92 Å². The smallest absolute Gasteiger partial charge is 0.422 e. The van der Waals surface area contributed by atoms with Crippen LogP contribution in [-0.2, 0) is 6.54 Å². The fraction of sp³-hybridized carbons (Fsp3) is 0.600. The highest BCUT2D eigenvalue weighted by Gasteiger charge is 2.28. The molecule has 0 radical (unpaired) electrons. The van der Waals surface area contributed by atoms with Gasteiger partial charge in [0.1, 0.15) is 0 Å². The van der Waals surface area contributed by atoms with Gasteiger partial charge >= 0.3 is 12.2 Å². The van der Waals surface area contributed by atoms with E-state index in [1.807, 2.05) is 0 Å². The fourth-order valence-corrected chi connectivity index (χ4v) is 2.51. The molecule has 1 fully saturated rings. The number of halogens is 3. The lowest BCUT2D eigenvalue weighted by molar-refractivity contribution is -0.154. The number of amides is 2. The molecule has 134 valence electrons. The van der Waals surface area contributed by atoms with Gasteiger partial charge in [-0.1, -0.05) is 0 Å². The molecule has 9 heteroatoms. The molecule has 0 saturated heterocycles. The van der Waals surface area contributed by atoms with Crippen molar-refractivity contribution < 1.29 is 27.8 Å². The van der Waals surface area contributed by atoms with Crippen molar-refractivity contribution in [2.75, 3.05) is 13.2 Å². The Hall–Kier alpha value is -2.03. The van der Waals surface area contributed by atoms with Gasteiger partial charge in [0.25, 0.3) is 0 Å². The maximum atomic E-state index is 12.1. The van der Waals surface area contributed by atoms with Gasteiger partial charge in [-0.2, -0.15) is 13.2 Å². The summed E-state index contributed by atoms with van der Waals surface area (Å²) in [4.78, 5) is 15.4. The molecule has 0 spiro atoms. The largest absolute Gasteiger partial charge is 0.468 e. The van der Waals surface area contributed by atoms with Gasteiger partial charge in [0, 0.05) is 25.4 Å². The molecule has 2 atom stereocenters. The zero-order valence-corrected chi connectivity index (χ0v) is 13.0. The normalized spacial score (nSPS) is 20.7. The summed E-state index contributed by atoms with van der Waals surface area (Å²) in [5.74, 6) is 0.126. The number of hydrogen-bond donors (Lipinski definition) is 3. The Balaban J connectivity index is 1.72. The Morgan fingerprint density at radius 1 is 1.38 bits per heavy atom. The summed E-state index contributed by atoms with van der Waals surface area (Å²) in [7, 11) is 0. The molecule has 1 aliphatic rings. The van der Waals surface area contributed by atoms with Crippen LogP contribution in [0.1, 0.15) is 24.8 Å². The highest BCUT2D eigenvalue weighted by Crippen LogP contribution is 2.24. The molecule has 1 aromatic heterocycles. The predicted octanol–water partition coefficient (Wildman–Crippen LogP) is 1.98. The number of aliphatic hydroxyl groups excluding tert-OH is 1. The zero-order chi connectivity index (χ0) is 17.6. The summed E-state index contributed by atoms with van der Waals surface area (Å²) in [6.07, 6.45) is -1.07. The first kappa shape index (κ1) is 18.3. The fourth-order valence-electron chi connectivity index (χ4n) is 2.51. The van der Waals surface area contributed by atoms with E-state index in [2.05, 4.69) is 20.4 Å². The van der Waals surface area contributed by atoms with Gasteiger partial charge in [0.15, 0.2) is 6.61 Å². The highest BCUT2D eigenvalue weighted by molar-refractivity contribution is 5.73. The third-order valence-electron chi connectivity index (χ3n) is 3.70. The number of ether oxygens (including phenoxy) is 1. The van der Waals surface area contributed by atoms with E-state index in [-0.39, 0.29) is 30.5 Å². The highest BCUT2D eigenvalue weighted by atomic mass is 19.4. The van der Waals surface area contributed by atoms with Crippen LogP contribution in [0.25, 0.3) is 0 Å². The summed E-state index contributed by atoms with van der Waals surface area (Å²) in [5.41, 5.74) is 0.577. The average molecular weight is 347 g/mol. The number of carbonyl (C=O) groups excluding carboxylic acids is 1. The number of urea groups is 1. The Labute approximate surface area is 137 Å². The molecule has 1 aliphatic carbocycles. The number of aromatic nitrogens is 1. The van der Waals surface area contributed by atoms with Crippen molar-refractivity contribution in [3.8, 4) is 5.88 Å². The van der Waals surface area contributed by atoms with Gasteiger partial charge in [-0.3, -0.25) is 0 Å². The molecule has 3 N–H and O–H groups in total. The van der Waals surface area contributed by atoms with E-state index in [4.69, 9.17) is 0 Å². The number of pyridine rings is 1. The molecular formula is C15H20F3N3O3. The van der Waals surface area contributed by atoms with Crippen molar-refractivity contribution in [1.29, 1.82) is 0 Å². The molecule has 6 nitrogen and oxygen atoms in total. The molecular weight excluding hydrogens is 327 g/mol. The van der Waals surface area contributed by atoms with Crippen LogP contribution in [0.3, 0.4) is 0 Å². The monoisotopic (exact) mass is 347 g/mol. The van der Waals surface area contributed by atoms with Crippen LogP contribution < -0.4 is 15.4 Å². The molecule has 0 aromatic carbocycles. The van der Waals surface area contributed by atoms with E-state index in [0.29, 0.717) is 18.5 Å². The van der Waals surface area contributed by atoms with Crippen molar-refractivity contribution in [2.45, 2.75) is 38.1 Å². The molecule has 1 aromatic rings. The minimum absolute atomic E-state index is 0.143. The number of rotatable bonds is 6. The number of alkyl halides is 3. The summed E-state index contributed by atoms with van der Waals surface area (Å²) < 4.78 is 40.9. The zero-order valence-electron chi connectivity index (χ0n) is 13.0. The average Bonchev–Trinajstić information content (AvgIpc) is 2.94. The SMILES string of the molecule is O=C(NCc1ccnc(OCC(F)(F)F)c1)NCC1CCC(O)C1. The van der Waals surface area contributed by atoms with Gasteiger partial charge in [0.2, 0.25) is 5.88 Å². The molecule has 24 heavy (non-hydrogen) atoms. The first-order chi connectivity index (χ1) is 11.3. The minimum atomic E-state index is -4.43. The van der Waals surface area contributed by atoms with Crippen molar-refractivity contribution in [2.24, 2.45) is 5.92 Å². The molecule has 1 heterocycles. The number of aliphatic hydroxyl groups is 1. The van der Waals surface area contributed by atoms with E-state index in [1.165, 1.54) is 12.3 Å². The molecule has 2 rings (SSSR count). The Kier molecular flexibility index (Phi) is 6.24. The van der Waals surface area contributed by atoms with Gasteiger partial charge in [0.05, 0.1) is 6.10 Å². The van der Waals surface area contributed by atoms with Crippen LogP contribution in [0.4, 0.5) is 18.0 Å². The quantitative estimate of drug-likeness (QED) is 0.735. The third-order valence-corrected chi connectivity index (χ3v) is 3.70. The van der Waals surface area contributed by atoms with Crippen LogP contribution in [0.2, 0.25) is 0 Å². The lowest BCUT2D eigenvalue weighted by Gasteiger charge is -2.12. The third kappa shape index (κ3) is 6.61. The van der Waals surface area contributed by atoms with Crippen LogP contribution in [-0.4, -0.2) is 41.6 Å². The first-order valence-electron chi connectivity index (χ1n) is 7.66. The summed E-state index contributed by atoms with van der Waals surface area (Å²) in [5, 5.41) is 14.8. The Morgan fingerprint density at radius 3 is 2.83 bits per heavy atom. The van der Waals surface area contributed by atoms with Gasteiger partial charge < -0.3 is 20.5 Å². The van der Waals surface area contributed by atoms with Crippen molar-refractivity contribution in [1.82, 2.24) is 15.6 Å². The minimum Gasteiger partial charge on any atom is -0.468 e. The number of nitrogens with zero attached hydrogens (tertiary/aromatic N) is 1. The van der Waals surface area contributed by atoms with Gasteiger partial charge in [-0.15, -0.1) is 0 Å². The standard InChI is InChI=1S/C15H20F3N3O3/c16-15(17,18)9-24-13-6-11(3-4-19-13)8-21-14(23)20-7-10-1-2-12(22)5-10/h3-4,6,10,12,22H,1-2,5,7-9H2,(H2,20,21,23). The van der Waals surface area contributed by atoms with Gasteiger partial charge in [-0.25, -0.2) is 9.78 Å². The lowest BCUT2D eigenvalue weighted by Crippen LogP contribution is -2.37. The van der Waals surface area contributed by atoms with E-state index >= 15 is 0 Å². The summed E-state index contributed by atoms with van der Waals surface area (Å²) in [6, 6.07) is 2.55. The van der Waals surface area contributed by atoms with E-state index in [0.717, 1.165) is 12.8 Å². The molecule has 1 saturated carbocycles. The Bertz CT molecular complexity index is 554. The van der Waals surface area contributed by atoms with E-state index in [1.54, 1.807) is 6.07 Å². The topological polar surface area (TPSA) is 83.5 Å². The van der Waals surface area contributed by atoms with Crippen LogP contribution in [0.5, 0.6) is 5.88 Å². The second-order valence-electron chi connectivity index (χ2n) is 5.80. The maximum absolute atomic E-state index is 12.1. The summed E-state index contributed by atoms with van der Waals surface area (Å²) in [6.45, 7) is -0.784. The van der Waals surface area contributed by atoms with E-state index in [9.17, 15) is 23.1 Å². The molecule has 2 amide bonds. The molecule has 0 aliphatic heterocycles. The first-order valence-corrected chi connectivity index (χ1v) is 7.66. The van der Waals surface area contributed by atoms with Crippen molar-refractivity contribution in [3.63, 3.8) is 0 Å². The second-order valence-corrected chi connectivity index (χ2v) is 5.80. The second kappa shape index (κ2) is 8.18. The summed E-state index contributed by atoms with van der Waals surface area (Å²) >= 11 is 0. The number of nitrogens with one attached hydrogen (secondary N) is 2. The van der Waals surface area contributed by atoms with Crippen LogP contribution in [0.15, 0.2) is 18.3 Å². The van der Waals surface area contributed by atoms with Crippen molar-refractivity contribution >= 4 is 6.03 Å². The van der Waals surface area contributed by atoms with Crippen molar-refractivity contribution in [3.05, 3.63) is 23.9 Å². The van der Waals surface area contributed by atoms with Gasteiger partial charge in [-0.05, 0) is 36.8 Å². The molecule has 2 unspecified atom stereocenters. The molecule has 0 bridgehead atoms. The number of hydrogen-bond acceptors (Lipinski definition) is 4. The maximum Gasteiger partial charge on any atom is 0.422 e. The van der Waals surface area contributed by atoms with Crippen LogP contribution >= 0.6 is 0 Å². The lowest BCUT2D eigenvalue weighted by atomic mass is 10.1.